The number of piperazine rings is 1. The third-order valence-electron chi connectivity index (χ3n) is 6.38. The number of ether oxygens (including phenoxy) is 1. The summed E-state index contributed by atoms with van der Waals surface area (Å²) in [5, 5.41) is 14.4. The van der Waals surface area contributed by atoms with Crippen LogP contribution in [0.1, 0.15) is 38.4 Å². The van der Waals surface area contributed by atoms with Crippen LogP contribution in [0.5, 0.6) is 5.75 Å². The lowest BCUT2D eigenvalue weighted by Gasteiger charge is -2.27. The molecule has 2 aromatic heterocycles. The number of sulfone groups is 1. The van der Waals surface area contributed by atoms with Gasteiger partial charge in [-0.05, 0) is 47.1 Å². The summed E-state index contributed by atoms with van der Waals surface area (Å²) in [4.78, 5) is 11.3. The van der Waals surface area contributed by atoms with Crippen LogP contribution >= 0.6 is 0 Å². The number of fused-ring (bicyclic) bond motifs is 1. The third-order valence-corrected chi connectivity index (χ3v) is 8.89. The fourth-order valence-corrected chi connectivity index (χ4v) is 5.27. The highest BCUT2D eigenvalue weighted by molar-refractivity contribution is 7.92. The molecule has 10 nitrogen and oxygen atoms in total. The lowest BCUT2D eigenvalue weighted by Crippen LogP contribution is -2.44. The lowest BCUT2D eigenvalue weighted by molar-refractivity contribution is 0.212. The average Bonchev–Trinajstić information content (AvgIpc) is 3.13. The van der Waals surface area contributed by atoms with Crippen LogP contribution in [0.4, 0.5) is 11.6 Å². The minimum atomic E-state index is -3.70. The van der Waals surface area contributed by atoms with Crippen LogP contribution in [0.25, 0.3) is 10.9 Å². The topological polar surface area (TPSA) is 125 Å². The van der Waals surface area contributed by atoms with E-state index in [-0.39, 0.29) is 4.90 Å². The van der Waals surface area contributed by atoms with E-state index in [1.807, 2.05) is 13.8 Å². The number of aryl methyl sites for hydroxylation is 1. The van der Waals surface area contributed by atoms with Crippen molar-refractivity contribution in [2.45, 2.75) is 50.7 Å². The van der Waals surface area contributed by atoms with Crippen LogP contribution in [0.2, 0.25) is 0 Å². The first-order valence-corrected chi connectivity index (χ1v) is 13.4. The Morgan fingerprint density at radius 1 is 1.14 bits per heavy atom. The minimum absolute atomic E-state index is 0.148. The highest BCUT2D eigenvalue weighted by Gasteiger charge is 2.34. The molecule has 190 valence electrons. The molecule has 3 aromatic rings. The van der Waals surface area contributed by atoms with E-state index in [0.29, 0.717) is 34.9 Å². The van der Waals surface area contributed by atoms with Crippen molar-refractivity contribution in [2.24, 2.45) is 0 Å². The fraction of sp³-hybridized carbons (Fsp3) is 0.542. The van der Waals surface area contributed by atoms with Crippen LogP contribution in [0, 0.1) is 13.8 Å². The van der Waals surface area contributed by atoms with Gasteiger partial charge in [-0.3, -0.25) is 5.10 Å². The molecular formula is C24H35N7O3S. The quantitative estimate of drug-likeness (QED) is 0.399. The van der Waals surface area contributed by atoms with Crippen LogP contribution < -0.4 is 15.4 Å². The number of nitrogens with one attached hydrogen (secondary N) is 3. The summed E-state index contributed by atoms with van der Waals surface area (Å²) >= 11 is 0. The van der Waals surface area contributed by atoms with Gasteiger partial charge in [0.15, 0.2) is 9.84 Å². The zero-order chi connectivity index (χ0) is 25.2. The predicted molar refractivity (Wildman–Crippen MR) is 137 cm³/mol. The van der Waals surface area contributed by atoms with E-state index in [1.165, 1.54) is 6.33 Å². The standard InChI is InChI=1S/C24H35N7O3S/c1-16-17(2)29-30-22(16)28-23-18-13-21(35(32,33)24(3,4)5)20(14-19(18)26-15-27-23)34-12-6-9-31-10-7-25-8-11-31/h13-15,25H,6-12H2,1-5H3,(H2,26,27,28,29,30). The number of anilines is 2. The number of hydrogen-bond acceptors (Lipinski definition) is 9. The van der Waals surface area contributed by atoms with Crippen LogP contribution in [0.3, 0.4) is 0 Å². The van der Waals surface area contributed by atoms with Crippen molar-refractivity contribution >= 4 is 32.4 Å². The zero-order valence-electron chi connectivity index (χ0n) is 21.1. The molecule has 0 bridgehead atoms. The van der Waals surface area contributed by atoms with Gasteiger partial charge in [-0.25, -0.2) is 18.4 Å². The van der Waals surface area contributed by atoms with Gasteiger partial charge >= 0.3 is 0 Å². The first kappa shape index (κ1) is 25.3. The molecule has 0 amide bonds. The molecule has 1 fully saturated rings. The highest BCUT2D eigenvalue weighted by atomic mass is 32.2. The summed E-state index contributed by atoms with van der Waals surface area (Å²) < 4.78 is 32.2. The summed E-state index contributed by atoms with van der Waals surface area (Å²) in [5.74, 6) is 1.53. The number of benzene rings is 1. The first-order chi connectivity index (χ1) is 16.6. The molecule has 35 heavy (non-hydrogen) atoms. The molecule has 0 saturated carbocycles. The molecule has 3 heterocycles. The van der Waals surface area contributed by atoms with E-state index < -0.39 is 14.6 Å². The maximum Gasteiger partial charge on any atom is 0.186 e. The summed E-state index contributed by atoms with van der Waals surface area (Å²) in [6.07, 6.45) is 2.26. The predicted octanol–water partition coefficient (Wildman–Crippen LogP) is 2.96. The van der Waals surface area contributed by atoms with Gasteiger partial charge in [-0.2, -0.15) is 5.10 Å². The largest absolute Gasteiger partial charge is 0.492 e. The van der Waals surface area contributed by atoms with Gasteiger partial charge in [-0.15, -0.1) is 0 Å². The zero-order valence-corrected chi connectivity index (χ0v) is 21.9. The van der Waals surface area contributed by atoms with Gasteiger partial charge in [-0.1, -0.05) is 0 Å². The second-order valence-electron chi connectivity index (χ2n) is 9.88. The van der Waals surface area contributed by atoms with Crippen LogP contribution in [-0.4, -0.2) is 77.6 Å². The van der Waals surface area contributed by atoms with Gasteiger partial charge < -0.3 is 20.3 Å². The molecule has 1 saturated heterocycles. The average molecular weight is 502 g/mol. The van der Waals surface area contributed by atoms with Crippen molar-refractivity contribution in [3.63, 3.8) is 0 Å². The third kappa shape index (κ3) is 5.41. The molecule has 0 atom stereocenters. The number of aromatic amines is 1. The number of H-pyrrole nitrogens is 1. The van der Waals surface area contributed by atoms with Crippen molar-refractivity contribution in [3.05, 3.63) is 29.7 Å². The van der Waals surface area contributed by atoms with Gasteiger partial charge in [0.1, 0.15) is 28.6 Å². The lowest BCUT2D eigenvalue weighted by atomic mass is 10.2. The number of rotatable bonds is 8. The van der Waals surface area contributed by atoms with Crippen molar-refractivity contribution in [1.29, 1.82) is 0 Å². The molecule has 0 unspecified atom stereocenters. The number of nitrogens with zero attached hydrogens (tertiary/aromatic N) is 4. The van der Waals surface area contributed by atoms with Crippen molar-refractivity contribution in [2.75, 3.05) is 44.6 Å². The van der Waals surface area contributed by atoms with E-state index in [1.54, 1.807) is 32.9 Å². The summed E-state index contributed by atoms with van der Waals surface area (Å²) in [5.41, 5.74) is 2.43. The van der Waals surface area contributed by atoms with Crippen LogP contribution in [0.15, 0.2) is 23.4 Å². The molecule has 3 N–H and O–H groups in total. The Bertz CT molecular complexity index is 1290. The summed E-state index contributed by atoms with van der Waals surface area (Å²) in [6, 6.07) is 3.33. The SMILES string of the molecule is Cc1n[nH]c(Nc2ncnc3cc(OCCCN4CCNCC4)c(S(=O)(=O)C(C)(C)C)cc23)c1C. The van der Waals surface area contributed by atoms with E-state index in [9.17, 15) is 8.42 Å². The van der Waals surface area contributed by atoms with E-state index in [4.69, 9.17) is 4.74 Å². The highest BCUT2D eigenvalue weighted by Crippen LogP contribution is 2.37. The van der Waals surface area contributed by atoms with Crippen LogP contribution in [-0.2, 0) is 9.84 Å². The molecule has 4 rings (SSSR count). The Morgan fingerprint density at radius 3 is 2.54 bits per heavy atom. The van der Waals surface area contributed by atoms with Gasteiger partial charge in [0.2, 0.25) is 0 Å². The first-order valence-electron chi connectivity index (χ1n) is 12.0. The normalized spacial score (nSPS) is 15.5. The Morgan fingerprint density at radius 2 is 1.89 bits per heavy atom. The van der Waals surface area contributed by atoms with E-state index in [0.717, 1.165) is 50.4 Å². The Labute approximate surface area is 206 Å². The molecule has 0 radical (unpaired) electrons. The smallest absolute Gasteiger partial charge is 0.186 e. The molecule has 1 aromatic carbocycles. The summed E-state index contributed by atoms with van der Waals surface area (Å²) in [7, 11) is -3.70. The number of hydrogen-bond donors (Lipinski definition) is 3. The van der Waals surface area contributed by atoms with E-state index in [2.05, 4.69) is 35.7 Å². The molecule has 1 aliphatic rings. The van der Waals surface area contributed by atoms with Crippen molar-refractivity contribution in [1.82, 2.24) is 30.4 Å². The maximum absolute atomic E-state index is 13.6. The molecule has 0 spiro atoms. The van der Waals surface area contributed by atoms with E-state index >= 15 is 0 Å². The van der Waals surface area contributed by atoms with Gasteiger partial charge in [0.25, 0.3) is 0 Å². The second-order valence-corrected chi connectivity index (χ2v) is 12.6. The summed E-state index contributed by atoms with van der Waals surface area (Å²) in [6.45, 7) is 14.3. The van der Waals surface area contributed by atoms with Crippen molar-refractivity contribution < 1.29 is 13.2 Å². The Kier molecular flexibility index (Phi) is 7.30. The molecular weight excluding hydrogens is 466 g/mol. The van der Waals surface area contributed by atoms with Gasteiger partial charge in [0, 0.05) is 49.7 Å². The molecule has 11 heteroatoms. The van der Waals surface area contributed by atoms with Crippen molar-refractivity contribution in [3.8, 4) is 5.75 Å². The van der Waals surface area contributed by atoms with Gasteiger partial charge in [0.05, 0.1) is 22.6 Å². The molecule has 0 aliphatic carbocycles. The Hall–Kier alpha value is -2.76. The second kappa shape index (κ2) is 10.1. The molecule has 1 aliphatic heterocycles. The maximum atomic E-state index is 13.6. The monoisotopic (exact) mass is 501 g/mol. The fourth-order valence-electron chi connectivity index (χ4n) is 3.95. The Balaban J connectivity index is 1.67. The number of aromatic nitrogens is 4. The minimum Gasteiger partial charge on any atom is -0.492 e.